The minimum atomic E-state index is -0.920. The predicted molar refractivity (Wildman–Crippen MR) is 109 cm³/mol. The summed E-state index contributed by atoms with van der Waals surface area (Å²) in [6.07, 6.45) is 0. The summed E-state index contributed by atoms with van der Waals surface area (Å²) in [5, 5.41) is 14.2. The lowest BCUT2D eigenvalue weighted by Gasteiger charge is -2.28. The number of hydrogen-bond acceptors (Lipinski definition) is 3. The van der Waals surface area contributed by atoms with Gasteiger partial charge in [-0.3, -0.25) is 10.0 Å². The van der Waals surface area contributed by atoms with E-state index in [1.165, 1.54) is 11.8 Å². The van der Waals surface area contributed by atoms with Gasteiger partial charge in [0.1, 0.15) is 6.04 Å². The molecule has 0 radical (unpaired) electrons. The highest BCUT2D eigenvalue weighted by Crippen LogP contribution is 2.24. The Labute approximate surface area is 167 Å². The average molecular weight is 398 g/mol. The number of nitrogens with zero attached hydrogens (tertiary/aromatic N) is 1. The van der Waals surface area contributed by atoms with E-state index >= 15 is 0 Å². The molecule has 3 N–H and O–H groups in total. The molecule has 1 atom stereocenters. The summed E-state index contributed by atoms with van der Waals surface area (Å²) in [4.78, 5) is 26.3. The van der Waals surface area contributed by atoms with E-state index < -0.39 is 18.0 Å². The summed E-state index contributed by atoms with van der Waals surface area (Å²) in [5.74, 6) is -0.694. The molecule has 0 saturated heterocycles. The van der Waals surface area contributed by atoms with Crippen LogP contribution < -0.4 is 10.8 Å². The van der Waals surface area contributed by atoms with Gasteiger partial charge in [-0.05, 0) is 30.0 Å². The lowest BCUT2D eigenvalue weighted by atomic mass is 10.1. The Morgan fingerprint density at radius 2 is 1.71 bits per heavy atom. The second kappa shape index (κ2) is 8.73. The zero-order valence-electron chi connectivity index (χ0n) is 15.2. The van der Waals surface area contributed by atoms with E-state index in [0.29, 0.717) is 16.3 Å². The summed E-state index contributed by atoms with van der Waals surface area (Å²) < 4.78 is 0. The molecule has 0 spiro atoms. The van der Waals surface area contributed by atoms with Gasteiger partial charge in [0, 0.05) is 17.0 Å². The van der Waals surface area contributed by atoms with E-state index in [4.69, 9.17) is 16.8 Å². The van der Waals surface area contributed by atoms with Gasteiger partial charge >= 0.3 is 6.03 Å². The van der Waals surface area contributed by atoms with Crippen LogP contribution in [0.1, 0.15) is 12.5 Å². The molecule has 144 valence electrons. The molecule has 0 aliphatic rings. The number of fused-ring (bicyclic) bond motifs is 1. The van der Waals surface area contributed by atoms with Crippen LogP contribution in [0.5, 0.6) is 0 Å². The van der Waals surface area contributed by atoms with E-state index in [1.54, 1.807) is 35.8 Å². The van der Waals surface area contributed by atoms with Crippen molar-refractivity contribution in [2.45, 2.75) is 19.5 Å². The fourth-order valence-corrected chi connectivity index (χ4v) is 3.15. The van der Waals surface area contributed by atoms with Crippen LogP contribution in [0, 0.1) is 0 Å². The van der Waals surface area contributed by atoms with Gasteiger partial charge < -0.3 is 10.2 Å². The highest BCUT2D eigenvalue weighted by molar-refractivity contribution is 6.31. The second-order valence-electron chi connectivity index (χ2n) is 6.33. The van der Waals surface area contributed by atoms with Crippen LogP contribution in [0.2, 0.25) is 5.02 Å². The molecule has 1 unspecified atom stereocenters. The molecular formula is C21H20ClN3O3. The molecular weight excluding hydrogens is 378 g/mol. The second-order valence-corrected chi connectivity index (χ2v) is 6.74. The molecule has 0 heterocycles. The van der Waals surface area contributed by atoms with Crippen molar-refractivity contribution in [1.29, 1.82) is 0 Å². The van der Waals surface area contributed by atoms with E-state index in [1.807, 2.05) is 36.4 Å². The molecule has 3 aromatic carbocycles. The van der Waals surface area contributed by atoms with Gasteiger partial charge in [0.15, 0.2) is 0 Å². The molecule has 6 nitrogen and oxygen atoms in total. The summed E-state index contributed by atoms with van der Waals surface area (Å²) in [7, 11) is 0. The molecule has 3 amide bonds. The van der Waals surface area contributed by atoms with Crippen LogP contribution in [-0.4, -0.2) is 28.1 Å². The zero-order chi connectivity index (χ0) is 20.1. The van der Waals surface area contributed by atoms with Crippen LogP contribution in [0.25, 0.3) is 10.8 Å². The zero-order valence-corrected chi connectivity index (χ0v) is 16.0. The van der Waals surface area contributed by atoms with Gasteiger partial charge in [0.2, 0.25) is 0 Å². The molecule has 0 bridgehead atoms. The first-order valence-corrected chi connectivity index (χ1v) is 9.12. The van der Waals surface area contributed by atoms with Gasteiger partial charge in [0.25, 0.3) is 5.91 Å². The average Bonchev–Trinajstić information content (AvgIpc) is 2.72. The fraction of sp³-hybridized carbons (Fsp3) is 0.143. The largest absolute Gasteiger partial charge is 0.322 e. The summed E-state index contributed by atoms with van der Waals surface area (Å²) in [6.45, 7) is 1.63. The molecule has 3 aromatic rings. The number of carbonyl (C=O) groups excluding carboxylic acids is 2. The van der Waals surface area contributed by atoms with Crippen LogP contribution in [0.4, 0.5) is 10.5 Å². The predicted octanol–water partition coefficient (Wildman–Crippen LogP) is 4.42. The lowest BCUT2D eigenvalue weighted by molar-refractivity contribution is -0.133. The van der Waals surface area contributed by atoms with E-state index in [2.05, 4.69) is 5.32 Å². The standard InChI is InChI=1S/C21H20ClN3O3/c1-14(20(26)24-28)25(13-16-8-3-5-11-18(16)22)21(27)23-19-12-6-9-15-7-2-4-10-17(15)19/h2-12,14,28H,13H2,1H3,(H,23,27)(H,24,26). The maximum Gasteiger partial charge on any atom is 0.322 e. The molecule has 3 rings (SSSR count). The van der Waals surface area contributed by atoms with Crippen molar-refractivity contribution in [3.05, 3.63) is 77.3 Å². The Morgan fingerprint density at radius 1 is 1.04 bits per heavy atom. The normalized spacial score (nSPS) is 11.7. The summed E-state index contributed by atoms with van der Waals surface area (Å²) in [6, 6.07) is 19.0. The molecule has 0 aromatic heterocycles. The molecule has 28 heavy (non-hydrogen) atoms. The molecule has 0 fully saturated rings. The highest BCUT2D eigenvalue weighted by Gasteiger charge is 2.27. The number of halogens is 1. The highest BCUT2D eigenvalue weighted by atomic mass is 35.5. The van der Waals surface area contributed by atoms with Crippen LogP contribution in [0.3, 0.4) is 0 Å². The number of anilines is 1. The summed E-state index contributed by atoms with van der Waals surface area (Å²) in [5.41, 5.74) is 2.92. The first kappa shape index (κ1) is 19.7. The van der Waals surface area contributed by atoms with E-state index in [9.17, 15) is 9.59 Å². The van der Waals surface area contributed by atoms with Crippen molar-refractivity contribution in [3.8, 4) is 0 Å². The van der Waals surface area contributed by atoms with Gasteiger partial charge in [-0.2, -0.15) is 0 Å². The van der Waals surface area contributed by atoms with Gasteiger partial charge in [0.05, 0.1) is 5.69 Å². The number of urea groups is 1. The van der Waals surface area contributed by atoms with Crippen molar-refractivity contribution in [3.63, 3.8) is 0 Å². The fourth-order valence-electron chi connectivity index (χ4n) is 2.95. The van der Waals surface area contributed by atoms with Crippen LogP contribution in [0.15, 0.2) is 66.7 Å². The van der Waals surface area contributed by atoms with E-state index in [0.717, 1.165) is 10.8 Å². The number of benzene rings is 3. The Kier molecular flexibility index (Phi) is 6.13. The van der Waals surface area contributed by atoms with Gasteiger partial charge in [-0.25, -0.2) is 10.3 Å². The number of rotatable bonds is 5. The van der Waals surface area contributed by atoms with Gasteiger partial charge in [-0.1, -0.05) is 66.2 Å². The van der Waals surface area contributed by atoms with Crippen molar-refractivity contribution in [2.75, 3.05) is 5.32 Å². The summed E-state index contributed by atoms with van der Waals surface area (Å²) >= 11 is 6.22. The smallest absolute Gasteiger partial charge is 0.308 e. The number of hydrogen-bond donors (Lipinski definition) is 3. The number of carbonyl (C=O) groups is 2. The topological polar surface area (TPSA) is 81.7 Å². The molecule has 7 heteroatoms. The Bertz CT molecular complexity index is 1000. The number of nitrogens with one attached hydrogen (secondary N) is 2. The third-order valence-electron chi connectivity index (χ3n) is 4.55. The molecule has 0 aliphatic carbocycles. The monoisotopic (exact) mass is 397 g/mol. The van der Waals surface area contributed by atoms with Crippen molar-refractivity contribution in [2.24, 2.45) is 0 Å². The van der Waals surface area contributed by atoms with Crippen LogP contribution >= 0.6 is 11.6 Å². The van der Waals surface area contributed by atoms with Crippen LogP contribution in [-0.2, 0) is 11.3 Å². The quantitative estimate of drug-likeness (QED) is 0.440. The number of amides is 3. The van der Waals surface area contributed by atoms with E-state index in [-0.39, 0.29) is 6.54 Å². The van der Waals surface area contributed by atoms with Crippen molar-refractivity contribution < 1.29 is 14.8 Å². The first-order valence-electron chi connectivity index (χ1n) is 8.74. The first-order chi connectivity index (χ1) is 13.5. The molecule has 0 aliphatic heterocycles. The maximum absolute atomic E-state index is 13.0. The Balaban J connectivity index is 1.91. The molecule has 0 saturated carbocycles. The minimum Gasteiger partial charge on any atom is -0.308 e. The number of hydroxylamine groups is 1. The van der Waals surface area contributed by atoms with Crippen molar-refractivity contribution in [1.82, 2.24) is 10.4 Å². The Morgan fingerprint density at radius 3 is 2.46 bits per heavy atom. The minimum absolute atomic E-state index is 0.102. The lowest BCUT2D eigenvalue weighted by Crippen LogP contribution is -2.48. The third kappa shape index (κ3) is 4.24. The maximum atomic E-state index is 13.0. The Hall–Kier alpha value is -3.09. The van der Waals surface area contributed by atoms with Crippen molar-refractivity contribution >= 4 is 40.0 Å². The SMILES string of the molecule is CC(C(=O)NO)N(Cc1ccccc1Cl)C(=O)Nc1cccc2ccccc12. The van der Waals surface area contributed by atoms with Gasteiger partial charge in [-0.15, -0.1) is 0 Å². The third-order valence-corrected chi connectivity index (χ3v) is 4.92.